The lowest BCUT2D eigenvalue weighted by atomic mass is 10.1. The van der Waals surface area contributed by atoms with Gasteiger partial charge < -0.3 is 9.73 Å². The Morgan fingerprint density at radius 2 is 2.30 bits per heavy atom. The van der Waals surface area contributed by atoms with Gasteiger partial charge in [0.2, 0.25) is 0 Å². The lowest BCUT2D eigenvalue weighted by molar-refractivity contribution is 0.0954. The molecule has 3 aromatic heterocycles. The standard InChI is InChI=1S/C16H16N4O2S/c1-2-4-13-15(23-20-19-13)16(21)18-9-11-7-12(10-17-8-11)14-5-3-6-22-14/h3,5-8,10H,2,4,9H2,1H3,(H,18,21). The van der Waals surface area contributed by atoms with Crippen molar-refractivity contribution in [3.63, 3.8) is 0 Å². The fourth-order valence-electron chi connectivity index (χ4n) is 2.21. The van der Waals surface area contributed by atoms with Crippen LogP contribution in [0.15, 0.2) is 41.3 Å². The average Bonchev–Trinajstić information content (AvgIpc) is 3.25. The molecule has 0 atom stereocenters. The van der Waals surface area contributed by atoms with E-state index < -0.39 is 0 Å². The molecular formula is C16H16N4O2S. The maximum atomic E-state index is 12.3. The van der Waals surface area contributed by atoms with E-state index in [4.69, 9.17) is 4.42 Å². The molecule has 3 heterocycles. The minimum absolute atomic E-state index is 0.146. The van der Waals surface area contributed by atoms with Gasteiger partial charge in [-0.05, 0) is 41.7 Å². The molecule has 3 aromatic rings. The first-order chi connectivity index (χ1) is 11.3. The maximum absolute atomic E-state index is 12.3. The number of hydrogen-bond acceptors (Lipinski definition) is 6. The number of nitrogens with one attached hydrogen (secondary N) is 1. The van der Waals surface area contributed by atoms with Crippen molar-refractivity contribution in [3.05, 3.63) is 53.0 Å². The second-order valence-corrected chi connectivity index (χ2v) is 5.79. The van der Waals surface area contributed by atoms with Gasteiger partial charge in [-0.1, -0.05) is 17.8 Å². The van der Waals surface area contributed by atoms with E-state index in [9.17, 15) is 4.79 Å². The Bertz CT molecular complexity index is 783. The number of rotatable bonds is 6. The highest BCUT2D eigenvalue weighted by Gasteiger charge is 2.15. The van der Waals surface area contributed by atoms with Crippen molar-refractivity contribution >= 4 is 17.4 Å². The molecule has 0 aliphatic heterocycles. The Labute approximate surface area is 137 Å². The molecule has 6 nitrogen and oxygen atoms in total. The monoisotopic (exact) mass is 328 g/mol. The number of nitrogens with zero attached hydrogens (tertiary/aromatic N) is 3. The Balaban J connectivity index is 1.67. The van der Waals surface area contributed by atoms with Crippen LogP contribution in [0.2, 0.25) is 0 Å². The first kappa shape index (κ1) is 15.4. The fourth-order valence-corrected chi connectivity index (χ4v) is 2.83. The van der Waals surface area contributed by atoms with Gasteiger partial charge in [-0.2, -0.15) is 0 Å². The van der Waals surface area contributed by atoms with E-state index >= 15 is 0 Å². The predicted molar refractivity (Wildman–Crippen MR) is 87.0 cm³/mol. The lowest BCUT2D eigenvalue weighted by Crippen LogP contribution is -2.23. The van der Waals surface area contributed by atoms with Gasteiger partial charge in [0, 0.05) is 24.5 Å². The van der Waals surface area contributed by atoms with Gasteiger partial charge in [0.05, 0.1) is 12.0 Å². The molecule has 7 heteroatoms. The first-order valence-electron chi connectivity index (χ1n) is 7.35. The van der Waals surface area contributed by atoms with E-state index in [2.05, 4.69) is 19.9 Å². The lowest BCUT2D eigenvalue weighted by Gasteiger charge is -2.05. The highest BCUT2D eigenvalue weighted by atomic mass is 32.1. The van der Waals surface area contributed by atoms with E-state index in [-0.39, 0.29) is 5.91 Å². The molecule has 0 bridgehead atoms. The van der Waals surface area contributed by atoms with Gasteiger partial charge in [-0.15, -0.1) is 5.10 Å². The van der Waals surface area contributed by atoms with Crippen LogP contribution in [0.25, 0.3) is 11.3 Å². The van der Waals surface area contributed by atoms with Crippen molar-refractivity contribution in [1.29, 1.82) is 0 Å². The highest BCUT2D eigenvalue weighted by Crippen LogP contribution is 2.19. The summed E-state index contributed by atoms with van der Waals surface area (Å²) in [6.45, 7) is 2.44. The minimum atomic E-state index is -0.146. The van der Waals surface area contributed by atoms with Gasteiger partial charge in [0.15, 0.2) is 0 Å². The van der Waals surface area contributed by atoms with Crippen molar-refractivity contribution < 1.29 is 9.21 Å². The molecule has 0 spiro atoms. The first-order valence-corrected chi connectivity index (χ1v) is 8.12. The van der Waals surface area contributed by atoms with Gasteiger partial charge >= 0.3 is 0 Å². The zero-order valence-corrected chi connectivity index (χ0v) is 13.5. The summed E-state index contributed by atoms with van der Waals surface area (Å²) < 4.78 is 9.23. The van der Waals surface area contributed by atoms with Crippen LogP contribution in [0.5, 0.6) is 0 Å². The predicted octanol–water partition coefficient (Wildman–Crippen LogP) is 3.08. The van der Waals surface area contributed by atoms with E-state index in [1.807, 2.05) is 25.1 Å². The van der Waals surface area contributed by atoms with E-state index in [0.717, 1.165) is 47.0 Å². The fraction of sp³-hybridized carbons (Fsp3) is 0.250. The summed E-state index contributed by atoms with van der Waals surface area (Å²) >= 11 is 1.13. The van der Waals surface area contributed by atoms with Gasteiger partial charge in [0.1, 0.15) is 10.6 Å². The molecule has 0 fully saturated rings. The Kier molecular flexibility index (Phi) is 4.77. The molecule has 0 saturated carbocycles. The summed E-state index contributed by atoms with van der Waals surface area (Å²) in [5.41, 5.74) is 2.55. The summed E-state index contributed by atoms with van der Waals surface area (Å²) in [5.74, 6) is 0.606. The Morgan fingerprint density at radius 1 is 1.39 bits per heavy atom. The number of carbonyl (C=O) groups excluding carboxylic acids is 1. The molecule has 3 rings (SSSR count). The number of furan rings is 1. The van der Waals surface area contributed by atoms with Gasteiger partial charge in [0.25, 0.3) is 5.91 Å². The summed E-state index contributed by atoms with van der Waals surface area (Å²) in [6.07, 6.45) is 6.77. The molecule has 1 N–H and O–H groups in total. The molecular weight excluding hydrogens is 312 g/mol. The van der Waals surface area contributed by atoms with E-state index in [0.29, 0.717) is 11.4 Å². The third-order valence-corrected chi connectivity index (χ3v) is 4.07. The van der Waals surface area contributed by atoms with Crippen molar-refractivity contribution in [2.24, 2.45) is 0 Å². The second-order valence-electron chi connectivity index (χ2n) is 5.04. The Hall–Kier alpha value is -2.54. The van der Waals surface area contributed by atoms with Crippen LogP contribution in [0.4, 0.5) is 0 Å². The summed E-state index contributed by atoms with van der Waals surface area (Å²) in [5, 5.41) is 6.91. The topological polar surface area (TPSA) is 80.9 Å². The van der Waals surface area contributed by atoms with Crippen LogP contribution < -0.4 is 5.32 Å². The van der Waals surface area contributed by atoms with Crippen molar-refractivity contribution in [3.8, 4) is 11.3 Å². The number of hydrogen-bond donors (Lipinski definition) is 1. The SMILES string of the molecule is CCCc1nnsc1C(=O)NCc1cncc(-c2ccco2)c1. The third-order valence-electron chi connectivity index (χ3n) is 3.30. The van der Waals surface area contributed by atoms with E-state index in [1.165, 1.54) is 0 Å². The summed E-state index contributed by atoms with van der Waals surface area (Å²) in [7, 11) is 0. The molecule has 0 aliphatic rings. The molecule has 1 amide bonds. The molecule has 0 radical (unpaired) electrons. The average molecular weight is 328 g/mol. The molecule has 0 unspecified atom stereocenters. The van der Waals surface area contributed by atoms with E-state index in [1.54, 1.807) is 18.7 Å². The largest absolute Gasteiger partial charge is 0.464 e. The minimum Gasteiger partial charge on any atom is -0.464 e. The zero-order valence-electron chi connectivity index (χ0n) is 12.7. The number of pyridine rings is 1. The van der Waals surface area contributed by atoms with Gasteiger partial charge in [-0.3, -0.25) is 9.78 Å². The van der Waals surface area contributed by atoms with Crippen molar-refractivity contribution in [2.75, 3.05) is 0 Å². The van der Waals surface area contributed by atoms with Gasteiger partial charge in [-0.25, -0.2) is 0 Å². The Morgan fingerprint density at radius 3 is 3.09 bits per heavy atom. The number of amides is 1. The maximum Gasteiger partial charge on any atom is 0.265 e. The van der Waals surface area contributed by atoms with Crippen LogP contribution in [-0.2, 0) is 13.0 Å². The zero-order chi connectivity index (χ0) is 16.1. The number of carbonyl (C=O) groups is 1. The van der Waals surface area contributed by atoms with Crippen LogP contribution in [0.3, 0.4) is 0 Å². The van der Waals surface area contributed by atoms with Crippen LogP contribution in [-0.4, -0.2) is 20.5 Å². The van der Waals surface area contributed by atoms with Crippen molar-refractivity contribution in [1.82, 2.24) is 19.9 Å². The molecule has 0 aliphatic carbocycles. The summed E-state index contributed by atoms with van der Waals surface area (Å²) in [6, 6.07) is 5.65. The quantitative estimate of drug-likeness (QED) is 0.752. The van der Waals surface area contributed by atoms with Crippen LogP contribution in [0, 0.1) is 0 Å². The highest BCUT2D eigenvalue weighted by molar-refractivity contribution is 7.08. The number of aromatic nitrogens is 3. The number of aryl methyl sites for hydroxylation is 1. The second kappa shape index (κ2) is 7.15. The smallest absolute Gasteiger partial charge is 0.265 e. The molecule has 0 saturated heterocycles. The third kappa shape index (κ3) is 3.62. The van der Waals surface area contributed by atoms with Crippen molar-refractivity contribution in [2.45, 2.75) is 26.3 Å². The van der Waals surface area contributed by atoms with Crippen LogP contribution >= 0.6 is 11.5 Å². The van der Waals surface area contributed by atoms with Crippen LogP contribution in [0.1, 0.15) is 34.3 Å². The normalized spacial score (nSPS) is 10.7. The molecule has 118 valence electrons. The molecule has 23 heavy (non-hydrogen) atoms. The molecule has 0 aromatic carbocycles. The summed E-state index contributed by atoms with van der Waals surface area (Å²) in [4.78, 5) is 17.0.